The van der Waals surface area contributed by atoms with E-state index < -0.39 is 41.2 Å². The molecule has 1 aromatic carbocycles. The smallest absolute Gasteiger partial charge is 0.344 e. The van der Waals surface area contributed by atoms with Gasteiger partial charge in [-0.3, -0.25) is 9.78 Å². The van der Waals surface area contributed by atoms with Gasteiger partial charge in [0.25, 0.3) is 12.3 Å². The van der Waals surface area contributed by atoms with Crippen molar-refractivity contribution in [2.24, 2.45) is 0 Å². The Morgan fingerprint density at radius 1 is 1.03 bits per heavy atom. The second kappa shape index (κ2) is 7.89. The number of rotatable bonds is 5. The zero-order chi connectivity index (χ0) is 21.2. The van der Waals surface area contributed by atoms with Crippen molar-refractivity contribution >= 4 is 5.91 Å². The van der Waals surface area contributed by atoms with Gasteiger partial charge in [0.15, 0.2) is 5.82 Å². The van der Waals surface area contributed by atoms with Crippen LogP contribution in [0.4, 0.5) is 22.0 Å². The lowest BCUT2D eigenvalue weighted by atomic mass is 10.0. The number of benzene rings is 1. The Morgan fingerprint density at radius 2 is 1.69 bits per heavy atom. The highest BCUT2D eigenvalue weighted by Crippen LogP contribution is 2.33. The Bertz CT molecular complexity index is 1010. The van der Waals surface area contributed by atoms with E-state index in [1.165, 1.54) is 31.7 Å². The summed E-state index contributed by atoms with van der Waals surface area (Å²) in [5, 5.41) is 10.3. The molecule has 3 rings (SSSR count). The number of amides is 1. The van der Waals surface area contributed by atoms with Crippen LogP contribution in [0.3, 0.4) is 0 Å². The van der Waals surface area contributed by atoms with Crippen molar-refractivity contribution in [2.75, 3.05) is 0 Å². The van der Waals surface area contributed by atoms with Crippen LogP contribution in [-0.2, 0) is 6.18 Å². The van der Waals surface area contributed by atoms with E-state index in [-0.39, 0.29) is 11.5 Å². The Labute approximate surface area is 160 Å². The van der Waals surface area contributed by atoms with Crippen LogP contribution in [0.1, 0.15) is 46.6 Å². The van der Waals surface area contributed by atoms with E-state index in [1.807, 2.05) is 0 Å². The highest BCUT2D eigenvalue weighted by molar-refractivity contribution is 5.95. The summed E-state index contributed by atoms with van der Waals surface area (Å²) in [5.41, 5.74) is -2.56. The Hall–Kier alpha value is -3.44. The van der Waals surface area contributed by atoms with Gasteiger partial charge in [0, 0.05) is 23.5 Å². The van der Waals surface area contributed by atoms with Gasteiger partial charge in [-0.05, 0) is 25.1 Å². The summed E-state index contributed by atoms with van der Waals surface area (Å²) in [6, 6.07) is 0.714. The fourth-order valence-electron chi connectivity index (χ4n) is 2.55. The number of carbonyl (C=O) groups excluding carboxylic acids is 1. The minimum atomic E-state index is -4.88. The fourth-order valence-corrected chi connectivity index (χ4v) is 2.55. The molecule has 0 bridgehead atoms. The van der Waals surface area contributed by atoms with Gasteiger partial charge in [0.1, 0.15) is 5.69 Å². The highest BCUT2D eigenvalue weighted by Gasteiger charge is 2.33. The molecule has 1 N–H and O–H groups in total. The number of nitrogens with zero attached hydrogens (tertiary/aromatic N) is 5. The maximum Gasteiger partial charge on any atom is 0.416 e. The van der Waals surface area contributed by atoms with E-state index in [2.05, 4.69) is 25.5 Å². The maximum atomic E-state index is 13.0. The molecule has 29 heavy (non-hydrogen) atoms. The van der Waals surface area contributed by atoms with Crippen molar-refractivity contribution in [3.63, 3.8) is 0 Å². The van der Waals surface area contributed by atoms with Crippen LogP contribution in [0.5, 0.6) is 0 Å². The summed E-state index contributed by atoms with van der Waals surface area (Å²) in [6.07, 6.45) is -2.52. The average Bonchev–Trinajstić information content (AvgIpc) is 3.21. The molecule has 0 fully saturated rings. The van der Waals surface area contributed by atoms with Gasteiger partial charge in [-0.25, -0.2) is 13.8 Å². The lowest BCUT2D eigenvalue weighted by Gasteiger charge is -2.17. The van der Waals surface area contributed by atoms with E-state index in [0.29, 0.717) is 18.2 Å². The quantitative estimate of drug-likeness (QED) is 0.649. The van der Waals surface area contributed by atoms with Crippen molar-refractivity contribution in [3.05, 3.63) is 65.4 Å². The van der Waals surface area contributed by atoms with E-state index >= 15 is 0 Å². The molecule has 0 aliphatic carbocycles. The van der Waals surface area contributed by atoms with Crippen LogP contribution in [0.2, 0.25) is 0 Å². The van der Waals surface area contributed by atoms with Gasteiger partial charge in [-0.15, -0.1) is 4.80 Å². The Kier molecular flexibility index (Phi) is 5.52. The maximum absolute atomic E-state index is 13.0. The molecule has 0 radical (unpaired) electrons. The van der Waals surface area contributed by atoms with Crippen LogP contribution in [-0.4, -0.2) is 30.9 Å². The second-order valence-corrected chi connectivity index (χ2v) is 5.92. The van der Waals surface area contributed by atoms with Gasteiger partial charge in [-0.2, -0.15) is 23.4 Å². The predicted octanol–water partition coefficient (Wildman–Crippen LogP) is 3.50. The molecule has 2 heterocycles. The number of carbonyl (C=O) groups is 1. The highest BCUT2D eigenvalue weighted by atomic mass is 19.4. The fraction of sp³-hybridized carbons (Fsp3) is 0.235. The number of halogens is 5. The van der Waals surface area contributed by atoms with E-state index in [4.69, 9.17) is 0 Å². The van der Waals surface area contributed by atoms with Crippen molar-refractivity contribution in [3.8, 4) is 5.82 Å². The lowest BCUT2D eigenvalue weighted by Crippen LogP contribution is -2.29. The molecule has 1 unspecified atom stereocenters. The van der Waals surface area contributed by atoms with Crippen LogP contribution in [0.15, 0.2) is 43.0 Å². The Balaban J connectivity index is 1.90. The van der Waals surface area contributed by atoms with Gasteiger partial charge >= 0.3 is 6.18 Å². The monoisotopic (exact) mass is 412 g/mol. The third-order valence-electron chi connectivity index (χ3n) is 3.87. The average molecular weight is 412 g/mol. The molecular formula is C17H13F5N6O. The molecule has 1 atom stereocenters. The minimum Gasteiger partial charge on any atom is -0.344 e. The van der Waals surface area contributed by atoms with Gasteiger partial charge < -0.3 is 5.32 Å². The molecule has 0 saturated heterocycles. The number of alkyl halides is 5. The van der Waals surface area contributed by atoms with E-state index in [0.717, 1.165) is 4.80 Å². The molecule has 152 valence electrons. The first-order valence-corrected chi connectivity index (χ1v) is 8.15. The largest absolute Gasteiger partial charge is 0.416 e. The molecule has 1 amide bonds. The molecule has 0 saturated carbocycles. The summed E-state index contributed by atoms with van der Waals surface area (Å²) in [4.78, 5) is 21.8. The van der Waals surface area contributed by atoms with Gasteiger partial charge in [0.05, 0.1) is 24.0 Å². The standard InChI is InChI=1S/C17H13F5N6O/c1-9(13-15(24-3-2-23-13)28-25-4-5-26-28)27-16(29)11-6-10(14(18)19)7-12(8-11)17(20,21)22/h2-9,14H,1H3,(H,27,29). The van der Waals surface area contributed by atoms with Crippen molar-refractivity contribution in [1.29, 1.82) is 0 Å². The first-order valence-electron chi connectivity index (χ1n) is 8.15. The van der Waals surface area contributed by atoms with Gasteiger partial charge in [0.2, 0.25) is 0 Å². The van der Waals surface area contributed by atoms with Crippen LogP contribution in [0.25, 0.3) is 5.82 Å². The minimum absolute atomic E-state index is 0.197. The third-order valence-corrected chi connectivity index (χ3v) is 3.87. The lowest BCUT2D eigenvalue weighted by molar-refractivity contribution is -0.137. The number of aromatic nitrogens is 5. The van der Waals surface area contributed by atoms with Crippen molar-refractivity contribution < 1.29 is 26.7 Å². The van der Waals surface area contributed by atoms with E-state index in [9.17, 15) is 26.7 Å². The van der Waals surface area contributed by atoms with Crippen molar-refractivity contribution in [1.82, 2.24) is 30.3 Å². The van der Waals surface area contributed by atoms with Crippen LogP contribution >= 0.6 is 0 Å². The number of hydrogen-bond acceptors (Lipinski definition) is 5. The summed E-state index contributed by atoms with van der Waals surface area (Å²) in [5.74, 6) is -0.780. The predicted molar refractivity (Wildman–Crippen MR) is 89.2 cm³/mol. The van der Waals surface area contributed by atoms with E-state index in [1.54, 1.807) is 0 Å². The number of hydrogen-bond donors (Lipinski definition) is 1. The summed E-state index contributed by atoms with van der Waals surface area (Å²) in [7, 11) is 0. The zero-order valence-electron chi connectivity index (χ0n) is 14.7. The zero-order valence-corrected chi connectivity index (χ0v) is 14.7. The van der Waals surface area contributed by atoms with Gasteiger partial charge in [-0.1, -0.05) is 0 Å². The molecule has 0 spiro atoms. The normalized spacial score (nSPS) is 12.8. The molecule has 7 nitrogen and oxygen atoms in total. The van der Waals surface area contributed by atoms with Crippen LogP contribution in [0, 0.1) is 0 Å². The molecular weight excluding hydrogens is 399 g/mol. The molecule has 0 aliphatic rings. The summed E-state index contributed by atoms with van der Waals surface area (Å²) >= 11 is 0. The summed E-state index contributed by atoms with van der Waals surface area (Å²) < 4.78 is 65.0. The first kappa shape index (κ1) is 20.3. The second-order valence-electron chi connectivity index (χ2n) is 5.92. The number of nitrogens with one attached hydrogen (secondary N) is 1. The summed E-state index contributed by atoms with van der Waals surface area (Å²) in [6.45, 7) is 1.51. The molecule has 0 aliphatic heterocycles. The first-order chi connectivity index (χ1) is 13.7. The Morgan fingerprint density at radius 3 is 2.31 bits per heavy atom. The SMILES string of the molecule is CC(NC(=O)c1cc(C(F)F)cc(C(F)(F)F)c1)c1nccnc1-n1nccn1. The molecule has 2 aromatic heterocycles. The third kappa shape index (κ3) is 4.52. The van der Waals surface area contributed by atoms with Crippen LogP contribution < -0.4 is 5.32 Å². The van der Waals surface area contributed by atoms with Crippen molar-refractivity contribution in [2.45, 2.75) is 25.6 Å². The molecule has 3 aromatic rings. The topological polar surface area (TPSA) is 85.6 Å². The molecule has 12 heteroatoms.